The Morgan fingerprint density at radius 2 is 1.62 bits per heavy atom. The van der Waals surface area contributed by atoms with E-state index in [1.54, 1.807) is 0 Å². The zero-order chi connectivity index (χ0) is 18.1. The summed E-state index contributed by atoms with van der Waals surface area (Å²) < 4.78 is 1.06. The summed E-state index contributed by atoms with van der Waals surface area (Å²) in [7, 11) is 0. The van der Waals surface area contributed by atoms with Gasteiger partial charge in [0.15, 0.2) is 0 Å². The van der Waals surface area contributed by atoms with Crippen LogP contribution in [-0.4, -0.2) is 5.71 Å². The molecule has 3 aromatic carbocycles. The van der Waals surface area contributed by atoms with Crippen LogP contribution < -0.4 is 5.01 Å². The van der Waals surface area contributed by atoms with Gasteiger partial charge in [0.05, 0.1) is 17.4 Å². The van der Waals surface area contributed by atoms with E-state index in [1.807, 2.05) is 48.5 Å². The Hall–Kier alpha value is -1.81. The first-order valence-electron chi connectivity index (χ1n) is 8.24. The lowest BCUT2D eigenvalue weighted by atomic mass is 9.98. The molecule has 0 bridgehead atoms. The molecule has 26 heavy (non-hydrogen) atoms. The molecule has 0 fully saturated rings. The van der Waals surface area contributed by atoms with Crippen LogP contribution in [0.3, 0.4) is 0 Å². The van der Waals surface area contributed by atoms with Gasteiger partial charge in [-0.05, 0) is 53.6 Å². The summed E-state index contributed by atoms with van der Waals surface area (Å²) in [5.41, 5.74) is 4.31. The lowest BCUT2D eigenvalue weighted by Gasteiger charge is -2.24. The van der Waals surface area contributed by atoms with E-state index in [9.17, 15) is 0 Å². The van der Waals surface area contributed by atoms with Crippen molar-refractivity contribution in [1.82, 2.24) is 0 Å². The quantitative estimate of drug-likeness (QED) is 0.419. The second-order valence-corrected chi connectivity index (χ2v) is 7.94. The fourth-order valence-corrected chi connectivity index (χ4v) is 3.70. The van der Waals surface area contributed by atoms with E-state index in [0.29, 0.717) is 5.02 Å². The summed E-state index contributed by atoms with van der Waals surface area (Å²) in [6, 6.07) is 24.1. The molecular formula is C21H15BrCl2N2. The SMILES string of the molecule is Clc1ccc(C2=NN(c3cccc(Cl)c3)[C@@H](c3ccc(Br)cc3)C2)cc1. The molecule has 130 valence electrons. The Morgan fingerprint density at radius 3 is 2.31 bits per heavy atom. The largest absolute Gasteiger partial charge is 0.257 e. The number of halogens is 3. The van der Waals surface area contributed by atoms with Crippen molar-refractivity contribution in [2.45, 2.75) is 12.5 Å². The normalized spacial score (nSPS) is 16.7. The fourth-order valence-electron chi connectivity index (χ4n) is 3.13. The number of hydrogen-bond donors (Lipinski definition) is 0. The molecule has 1 aliphatic heterocycles. The predicted molar refractivity (Wildman–Crippen MR) is 113 cm³/mol. The minimum atomic E-state index is 0.118. The molecule has 5 heteroatoms. The second-order valence-electron chi connectivity index (χ2n) is 6.15. The fraction of sp³-hybridized carbons (Fsp3) is 0.0952. The summed E-state index contributed by atoms with van der Waals surface area (Å²) >= 11 is 15.7. The van der Waals surface area contributed by atoms with Gasteiger partial charge in [0, 0.05) is 20.9 Å². The maximum atomic E-state index is 6.21. The molecule has 0 amide bonds. The van der Waals surface area contributed by atoms with Crippen LogP contribution in [0.25, 0.3) is 0 Å². The molecular weight excluding hydrogens is 431 g/mol. The third kappa shape index (κ3) is 3.66. The molecule has 0 unspecified atom stereocenters. The van der Waals surface area contributed by atoms with Crippen molar-refractivity contribution >= 4 is 50.5 Å². The average molecular weight is 446 g/mol. The van der Waals surface area contributed by atoms with Crippen LogP contribution >= 0.6 is 39.1 Å². The molecule has 4 rings (SSSR count). The molecule has 2 nitrogen and oxygen atoms in total. The van der Waals surface area contributed by atoms with Gasteiger partial charge in [-0.25, -0.2) is 0 Å². The van der Waals surface area contributed by atoms with Gasteiger partial charge in [-0.3, -0.25) is 5.01 Å². The van der Waals surface area contributed by atoms with Crippen molar-refractivity contribution in [1.29, 1.82) is 0 Å². The van der Waals surface area contributed by atoms with Crippen LogP contribution in [-0.2, 0) is 0 Å². The van der Waals surface area contributed by atoms with Gasteiger partial charge in [-0.1, -0.05) is 69.5 Å². The molecule has 1 atom stereocenters. The van der Waals surface area contributed by atoms with Crippen LogP contribution in [0.1, 0.15) is 23.6 Å². The summed E-state index contributed by atoms with van der Waals surface area (Å²) in [6.07, 6.45) is 0.815. The van der Waals surface area contributed by atoms with Crippen LogP contribution in [0.2, 0.25) is 10.0 Å². The smallest absolute Gasteiger partial charge is 0.0831 e. The van der Waals surface area contributed by atoms with Gasteiger partial charge in [-0.2, -0.15) is 5.10 Å². The van der Waals surface area contributed by atoms with Crippen molar-refractivity contribution in [3.05, 3.63) is 98.4 Å². The van der Waals surface area contributed by atoms with Crippen LogP contribution in [0.15, 0.2) is 82.4 Å². The zero-order valence-electron chi connectivity index (χ0n) is 13.7. The lowest BCUT2D eigenvalue weighted by Crippen LogP contribution is -2.18. The summed E-state index contributed by atoms with van der Waals surface area (Å²) in [6.45, 7) is 0. The van der Waals surface area contributed by atoms with Gasteiger partial charge in [0.2, 0.25) is 0 Å². The Bertz CT molecular complexity index is 953. The molecule has 1 heterocycles. The molecule has 0 N–H and O–H groups in total. The molecule has 0 aliphatic carbocycles. The van der Waals surface area contributed by atoms with Gasteiger partial charge >= 0.3 is 0 Å². The minimum absolute atomic E-state index is 0.118. The molecule has 0 radical (unpaired) electrons. The number of benzene rings is 3. The first kappa shape index (κ1) is 17.6. The maximum Gasteiger partial charge on any atom is 0.0831 e. The van der Waals surface area contributed by atoms with E-state index < -0.39 is 0 Å². The summed E-state index contributed by atoms with van der Waals surface area (Å²) in [5.74, 6) is 0. The third-order valence-corrected chi connectivity index (χ3v) is 5.43. The third-order valence-electron chi connectivity index (χ3n) is 4.42. The van der Waals surface area contributed by atoms with Gasteiger partial charge in [-0.15, -0.1) is 0 Å². The topological polar surface area (TPSA) is 15.6 Å². The first-order valence-corrected chi connectivity index (χ1v) is 9.79. The van der Waals surface area contributed by atoms with Gasteiger partial charge in [0.25, 0.3) is 0 Å². The van der Waals surface area contributed by atoms with Crippen molar-refractivity contribution in [3.63, 3.8) is 0 Å². The van der Waals surface area contributed by atoms with Gasteiger partial charge < -0.3 is 0 Å². The molecule has 0 aromatic heterocycles. The van der Waals surface area contributed by atoms with E-state index in [-0.39, 0.29) is 6.04 Å². The van der Waals surface area contributed by atoms with E-state index in [0.717, 1.165) is 32.9 Å². The van der Waals surface area contributed by atoms with E-state index in [2.05, 4.69) is 45.2 Å². The van der Waals surface area contributed by atoms with Gasteiger partial charge in [0.1, 0.15) is 0 Å². The van der Waals surface area contributed by atoms with E-state index >= 15 is 0 Å². The molecule has 3 aromatic rings. The highest BCUT2D eigenvalue weighted by atomic mass is 79.9. The predicted octanol–water partition coefficient (Wildman–Crippen LogP) is 7.11. The molecule has 0 saturated carbocycles. The standard InChI is InChI=1S/C21H15BrCl2N2/c22-16-8-4-15(5-9-16)21-13-20(14-6-10-17(23)11-7-14)25-26(21)19-3-1-2-18(24)12-19/h1-12,21H,13H2/t21-/m1/s1. The number of anilines is 1. The highest BCUT2D eigenvalue weighted by Gasteiger charge is 2.30. The minimum Gasteiger partial charge on any atom is -0.257 e. The highest BCUT2D eigenvalue weighted by molar-refractivity contribution is 9.10. The maximum absolute atomic E-state index is 6.21. The highest BCUT2D eigenvalue weighted by Crippen LogP contribution is 2.37. The second kappa shape index (κ2) is 7.43. The molecule has 0 spiro atoms. The number of hydrogen-bond acceptors (Lipinski definition) is 2. The zero-order valence-corrected chi connectivity index (χ0v) is 16.8. The molecule has 0 saturated heterocycles. The number of hydrazone groups is 1. The Balaban J connectivity index is 1.75. The van der Waals surface area contributed by atoms with Crippen molar-refractivity contribution in [2.75, 3.05) is 5.01 Å². The van der Waals surface area contributed by atoms with Crippen LogP contribution in [0.5, 0.6) is 0 Å². The van der Waals surface area contributed by atoms with Crippen LogP contribution in [0.4, 0.5) is 5.69 Å². The average Bonchev–Trinajstić information content (AvgIpc) is 3.08. The number of nitrogens with zero attached hydrogens (tertiary/aromatic N) is 2. The Morgan fingerprint density at radius 1 is 0.885 bits per heavy atom. The monoisotopic (exact) mass is 444 g/mol. The Kier molecular flexibility index (Phi) is 5.03. The van der Waals surface area contributed by atoms with E-state index in [1.165, 1.54) is 5.56 Å². The van der Waals surface area contributed by atoms with Crippen LogP contribution in [0, 0.1) is 0 Å². The van der Waals surface area contributed by atoms with Crippen molar-refractivity contribution in [2.24, 2.45) is 5.10 Å². The molecule has 1 aliphatic rings. The first-order chi connectivity index (χ1) is 12.6. The van der Waals surface area contributed by atoms with E-state index in [4.69, 9.17) is 28.3 Å². The number of rotatable bonds is 3. The van der Waals surface area contributed by atoms with Crippen molar-refractivity contribution < 1.29 is 0 Å². The Labute approximate surface area is 171 Å². The lowest BCUT2D eigenvalue weighted by molar-refractivity contribution is 0.709. The van der Waals surface area contributed by atoms with Crippen molar-refractivity contribution in [3.8, 4) is 0 Å². The summed E-state index contributed by atoms with van der Waals surface area (Å²) in [4.78, 5) is 0. The summed E-state index contributed by atoms with van der Waals surface area (Å²) in [5, 5.41) is 8.40.